The van der Waals surface area contributed by atoms with Gasteiger partial charge in [0.1, 0.15) is 0 Å². The summed E-state index contributed by atoms with van der Waals surface area (Å²) in [6.07, 6.45) is 1.25. The van der Waals surface area contributed by atoms with Crippen molar-refractivity contribution in [3.63, 3.8) is 0 Å². The molecule has 0 spiro atoms. The van der Waals surface area contributed by atoms with Crippen molar-refractivity contribution in [1.29, 1.82) is 0 Å². The van der Waals surface area contributed by atoms with Crippen LogP contribution in [0.15, 0.2) is 47.4 Å². The monoisotopic (exact) mass is 393 g/mol. The summed E-state index contributed by atoms with van der Waals surface area (Å²) in [4.78, 5) is 0.224. The lowest BCUT2D eigenvalue weighted by Crippen LogP contribution is -2.47. The smallest absolute Gasteiger partial charge is 0.240 e. The summed E-state index contributed by atoms with van der Waals surface area (Å²) in [6.45, 7) is 5.06. The molecule has 0 saturated heterocycles. The van der Waals surface area contributed by atoms with E-state index in [0.29, 0.717) is 25.4 Å². The van der Waals surface area contributed by atoms with E-state index < -0.39 is 16.1 Å². The number of hydrogen-bond acceptors (Lipinski definition) is 5. The second kappa shape index (κ2) is 10.1. The number of hydrogen-bond donors (Lipinski definition) is 4. The molecule has 0 bridgehead atoms. The van der Waals surface area contributed by atoms with Crippen molar-refractivity contribution in [1.82, 2.24) is 10.0 Å². The Labute approximate surface area is 162 Å². The van der Waals surface area contributed by atoms with E-state index in [1.165, 1.54) is 0 Å². The van der Waals surface area contributed by atoms with Crippen molar-refractivity contribution >= 4 is 20.8 Å². The molecule has 0 aliphatic rings. The number of nitrogens with two attached hydrogens (primary N) is 1. The van der Waals surface area contributed by atoms with Gasteiger partial charge in [0.15, 0.2) is 0 Å². The normalized spacial score (nSPS) is 14.6. The SMILES string of the molecule is CC(C)C[C@H](CN)NC[C@@H](CCO)NS(=O)(=O)c1ccc2ccccc2c1. The second-order valence-electron chi connectivity index (χ2n) is 7.31. The van der Waals surface area contributed by atoms with Gasteiger partial charge in [0.05, 0.1) is 4.90 Å². The number of nitrogens with one attached hydrogen (secondary N) is 2. The number of aliphatic hydroxyl groups excluding tert-OH is 1. The minimum absolute atomic E-state index is 0.0932. The highest BCUT2D eigenvalue weighted by Crippen LogP contribution is 2.19. The third kappa shape index (κ3) is 6.55. The Morgan fingerprint density at radius 3 is 2.41 bits per heavy atom. The summed E-state index contributed by atoms with van der Waals surface area (Å²) in [5.74, 6) is 0.497. The van der Waals surface area contributed by atoms with Crippen molar-refractivity contribution in [2.24, 2.45) is 11.7 Å². The number of aliphatic hydroxyl groups is 1. The molecule has 0 saturated carbocycles. The predicted octanol–water partition coefficient (Wildman–Crippen LogP) is 1.83. The average Bonchev–Trinajstić information content (AvgIpc) is 2.64. The molecule has 7 heteroatoms. The van der Waals surface area contributed by atoms with Crippen LogP contribution in [0.2, 0.25) is 0 Å². The van der Waals surface area contributed by atoms with Crippen LogP contribution in [0.5, 0.6) is 0 Å². The van der Waals surface area contributed by atoms with Crippen molar-refractivity contribution in [3.8, 4) is 0 Å². The largest absolute Gasteiger partial charge is 0.396 e. The zero-order valence-electron chi connectivity index (χ0n) is 16.1. The van der Waals surface area contributed by atoms with Crippen LogP contribution in [0.1, 0.15) is 26.7 Å². The molecule has 0 amide bonds. The lowest BCUT2D eigenvalue weighted by molar-refractivity contribution is 0.266. The molecule has 6 nitrogen and oxygen atoms in total. The van der Waals surface area contributed by atoms with E-state index >= 15 is 0 Å². The zero-order valence-corrected chi connectivity index (χ0v) is 16.9. The van der Waals surface area contributed by atoms with E-state index in [1.54, 1.807) is 18.2 Å². The minimum atomic E-state index is -3.68. The Hall–Kier alpha value is -1.51. The minimum Gasteiger partial charge on any atom is -0.396 e. The van der Waals surface area contributed by atoms with Crippen LogP contribution >= 0.6 is 0 Å². The van der Waals surface area contributed by atoms with Gasteiger partial charge >= 0.3 is 0 Å². The standard InChI is InChI=1S/C20H31N3O3S/c1-15(2)11-19(13-21)22-14-18(9-10-24)23-27(25,26)20-8-7-16-5-3-4-6-17(16)12-20/h3-8,12,15,18-19,22-24H,9-11,13-14,21H2,1-2H3/t18-,19-/m1/s1. The van der Waals surface area contributed by atoms with Gasteiger partial charge in [-0.2, -0.15) is 0 Å². The fraction of sp³-hybridized carbons (Fsp3) is 0.500. The van der Waals surface area contributed by atoms with E-state index in [4.69, 9.17) is 5.73 Å². The quantitative estimate of drug-likeness (QED) is 0.466. The highest BCUT2D eigenvalue weighted by Gasteiger charge is 2.21. The van der Waals surface area contributed by atoms with Gasteiger partial charge in [-0.25, -0.2) is 13.1 Å². The first-order valence-electron chi connectivity index (χ1n) is 9.41. The lowest BCUT2D eigenvalue weighted by Gasteiger charge is -2.24. The summed E-state index contributed by atoms with van der Waals surface area (Å²) >= 11 is 0. The molecule has 2 aromatic rings. The van der Waals surface area contributed by atoms with Crippen molar-refractivity contribution in [2.75, 3.05) is 19.7 Å². The Balaban J connectivity index is 2.10. The molecule has 27 heavy (non-hydrogen) atoms. The summed E-state index contributed by atoms with van der Waals surface area (Å²) in [6, 6.07) is 12.4. The van der Waals surface area contributed by atoms with Crippen LogP contribution in [0, 0.1) is 5.92 Å². The van der Waals surface area contributed by atoms with Gasteiger partial charge < -0.3 is 16.2 Å². The Morgan fingerprint density at radius 2 is 1.78 bits per heavy atom. The Kier molecular flexibility index (Phi) is 8.19. The number of fused-ring (bicyclic) bond motifs is 1. The molecule has 0 radical (unpaired) electrons. The molecule has 2 atom stereocenters. The molecule has 150 valence electrons. The van der Waals surface area contributed by atoms with Crippen LogP contribution < -0.4 is 15.8 Å². The average molecular weight is 394 g/mol. The van der Waals surface area contributed by atoms with Crippen molar-refractivity contribution < 1.29 is 13.5 Å². The molecule has 0 heterocycles. The first-order valence-corrected chi connectivity index (χ1v) is 10.9. The first-order chi connectivity index (χ1) is 12.9. The molecular weight excluding hydrogens is 362 g/mol. The molecule has 2 aromatic carbocycles. The second-order valence-corrected chi connectivity index (χ2v) is 9.02. The van der Waals surface area contributed by atoms with E-state index in [-0.39, 0.29) is 17.5 Å². The third-order valence-electron chi connectivity index (χ3n) is 4.52. The van der Waals surface area contributed by atoms with Crippen molar-refractivity contribution in [3.05, 3.63) is 42.5 Å². The van der Waals surface area contributed by atoms with Crippen molar-refractivity contribution in [2.45, 2.75) is 43.7 Å². The maximum absolute atomic E-state index is 12.8. The summed E-state index contributed by atoms with van der Waals surface area (Å²) in [7, 11) is -3.68. The van der Waals surface area contributed by atoms with Crippen LogP contribution in [0.3, 0.4) is 0 Å². The van der Waals surface area contributed by atoms with Gasteiger partial charge in [-0.1, -0.05) is 44.2 Å². The summed E-state index contributed by atoms with van der Waals surface area (Å²) in [5.41, 5.74) is 5.80. The predicted molar refractivity (Wildman–Crippen MR) is 110 cm³/mol. The van der Waals surface area contributed by atoms with E-state index in [0.717, 1.165) is 17.2 Å². The third-order valence-corrected chi connectivity index (χ3v) is 6.04. The molecule has 5 N–H and O–H groups in total. The van der Waals surface area contributed by atoms with Crippen LogP contribution in [0.25, 0.3) is 10.8 Å². The van der Waals surface area contributed by atoms with Gasteiger partial charge in [-0.05, 0) is 41.7 Å². The highest BCUT2D eigenvalue weighted by atomic mass is 32.2. The summed E-state index contributed by atoms with van der Waals surface area (Å²) in [5, 5.41) is 14.5. The molecule has 0 fully saturated rings. The van der Waals surface area contributed by atoms with Crippen LogP contribution in [-0.2, 0) is 10.0 Å². The van der Waals surface area contributed by atoms with Gasteiger partial charge in [-0.3, -0.25) is 0 Å². The molecular formula is C20H31N3O3S. The molecule has 0 aliphatic carbocycles. The van der Waals surface area contributed by atoms with Gasteiger partial charge in [0.25, 0.3) is 0 Å². The van der Waals surface area contributed by atoms with E-state index in [9.17, 15) is 13.5 Å². The fourth-order valence-corrected chi connectivity index (χ4v) is 4.43. The topological polar surface area (TPSA) is 104 Å². The van der Waals surface area contributed by atoms with E-state index in [2.05, 4.69) is 23.9 Å². The van der Waals surface area contributed by atoms with Crippen LogP contribution in [0.4, 0.5) is 0 Å². The van der Waals surface area contributed by atoms with E-state index in [1.807, 2.05) is 24.3 Å². The van der Waals surface area contributed by atoms with Gasteiger partial charge in [-0.15, -0.1) is 0 Å². The summed E-state index contributed by atoms with van der Waals surface area (Å²) < 4.78 is 28.3. The maximum atomic E-state index is 12.8. The Bertz CT molecular complexity index is 824. The zero-order chi connectivity index (χ0) is 19.9. The number of benzene rings is 2. The van der Waals surface area contributed by atoms with Gasteiger partial charge in [0.2, 0.25) is 10.0 Å². The molecule has 0 unspecified atom stereocenters. The van der Waals surface area contributed by atoms with Gasteiger partial charge in [0, 0.05) is 31.8 Å². The Morgan fingerprint density at radius 1 is 1.07 bits per heavy atom. The highest BCUT2D eigenvalue weighted by molar-refractivity contribution is 7.89. The molecule has 2 rings (SSSR count). The molecule has 0 aromatic heterocycles. The fourth-order valence-electron chi connectivity index (χ4n) is 3.12. The van der Waals surface area contributed by atoms with Crippen LogP contribution in [-0.4, -0.2) is 45.3 Å². The lowest BCUT2D eigenvalue weighted by atomic mass is 10.0. The maximum Gasteiger partial charge on any atom is 0.240 e. The number of rotatable bonds is 11. The number of sulfonamides is 1. The molecule has 0 aliphatic heterocycles. The first kappa shape index (κ1) is 21.8.